The summed E-state index contributed by atoms with van der Waals surface area (Å²) in [7, 11) is 1.67. The predicted molar refractivity (Wildman–Crippen MR) is 156 cm³/mol. The number of nitrogens with one attached hydrogen (secondary N) is 1. The van der Waals surface area contributed by atoms with E-state index in [9.17, 15) is 19.2 Å². The molecular weight excluding hydrogens is 566 g/mol. The van der Waals surface area contributed by atoms with Crippen LogP contribution >= 0.6 is 0 Å². The lowest BCUT2D eigenvalue weighted by Gasteiger charge is -2.22. The molecule has 0 aliphatic carbocycles. The molecule has 228 valence electrons. The molecule has 14 nitrogen and oxygen atoms in total. The molecule has 1 saturated heterocycles. The number of pyridine rings is 1. The Balaban J connectivity index is 1.19. The molecule has 0 radical (unpaired) electrons. The van der Waals surface area contributed by atoms with Crippen molar-refractivity contribution in [2.24, 2.45) is 5.92 Å². The monoisotopic (exact) mass is 599 g/mol. The fourth-order valence-electron chi connectivity index (χ4n) is 5.71. The number of aryl methyl sites for hydroxylation is 2. The SMILES string of the molecule is Cc1ccccc1-c1noc(CCC(=O)N2C[C@@H]3CC(=O)N(C)CCNC(=O)c4cccn(c4=O)Cc4cn(nn4)[C@@H]3C2)n1. The summed E-state index contributed by atoms with van der Waals surface area (Å²) >= 11 is 0. The van der Waals surface area contributed by atoms with Gasteiger partial charge in [-0.15, -0.1) is 5.10 Å². The number of nitrogens with zero attached hydrogens (tertiary/aromatic N) is 8. The highest BCUT2D eigenvalue weighted by Crippen LogP contribution is 2.31. The highest BCUT2D eigenvalue weighted by Gasteiger charge is 2.38. The quantitative estimate of drug-likeness (QED) is 0.362. The molecule has 0 spiro atoms. The van der Waals surface area contributed by atoms with E-state index in [4.69, 9.17) is 4.52 Å². The summed E-state index contributed by atoms with van der Waals surface area (Å²) < 4.78 is 8.52. The summed E-state index contributed by atoms with van der Waals surface area (Å²) in [4.78, 5) is 60.0. The summed E-state index contributed by atoms with van der Waals surface area (Å²) in [5.74, 6) is -0.0596. The van der Waals surface area contributed by atoms with Crippen LogP contribution in [0.4, 0.5) is 0 Å². The van der Waals surface area contributed by atoms with Crippen LogP contribution in [0.2, 0.25) is 0 Å². The number of carbonyl (C=O) groups excluding carboxylic acids is 3. The maximum atomic E-state index is 13.4. The van der Waals surface area contributed by atoms with Crippen LogP contribution in [0.25, 0.3) is 11.4 Å². The Hall–Kier alpha value is -5.14. The van der Waals surface area contributed by atoms with Crippen molar-refractivity contribution in [1.29, 1.82) is 0 Å². The summed E-state index contributed by atoms with van der Waals surface area (Å²) in [6.07, 6.45) is 3.98. The molecule has 6 rings (SSSR count). The molecule has 1 N–H and O–H groups in total. The third-order valence-electron chi connectivity index (χ3n) is 8.26. The van der Waals surface area contributed by atoms with Gasteiger partial charge in [0, 0.05) is 70.2 Å². The van der Waals surface area contributed by atoms with Crippen LogP contribution in [-0.2, 0) is 22.6 Å². The zero-order valence-electron chi connectivity index (χ0n) is 24.5. The third kappa shape index (κ3) is 6.00. The van der Waals surface area contributed by atoms with Crippen LogP contribution in [-0.4, -0.2) is 90.4 Å². The van der Waals surface area contributed by atoms with E-state index >= 15 is 0 Å². The van der Waals surface area contributed by atoms with E-state index in [1.54, 1.807) is 40.0 Å². The van der Waals surface area contributed by atoms with Crippen LogP contribution in [0.3, 0.4) is 0 Å². The molecule has 1 aromatic carbocycles. The first-order valence-electron chi connectivity index (χ1n) is 14.6. The maximum Gasteiger partial charge on any atom is 0.263 e. The van der Waals surface area contributed by atoms with Gasteiger partial charge < -0.3 is 24.2 Å². The zero-order valence-corrected chi connectivity index (χ0v) is 24.5. The van der Waals surface area contributed by atoms with Crippen molar-refractivity contribution in [3.63, 3.8) is 0 Å². The molecule has 2 atom stereocenters. The smallest absolute Gasteiger partial charge is 0.263 e. The van der Waals surface area contributed by atoms with Gasteiger partial charge in [0.1, 0.15) is 11.3 Å². The number of likely N-dealkylation sites (tertiary alicyclic amines) is 1. The van der Waals surface area contributed by atoms with E-state index in [1.165, 1.54) is 10.6 Å². The minimum atomic E-state index is -0.502. The molecule has 4 bridgehead atoms. The van der Waals surface area contributed by atoms with Crippen molar-refractivity contribution in [1.82, 2.24) is 44.8 Å². The van der Waals surface area contributed by atoms with Crippen LogP contribution < -0.4 is 10.9 Å². The van der Waals surface area contributed by atoms with Gasteiger partial charge in [-0.05, 0) is 24.6 Å². The number of benzene rings is 1. The highest BCUT2D eigenvalue weighted by molar-refractivity contribution is 5.93. The van der Waals surface area contributed by atoms with E-state index < -0.39 is 11.5 Å². The van der Waals surface area contributed by atoms with Gasteiger partial charge in [0.25, 0.3) is 11.5 Å². The number of aromatic nitrogens is 6. The Morgan fingerprint density at radius 1 is 1.09 bits per heavy atom. The van der Waals surface area contributed by atoms with E-state index in [0.717, 1.165) is 11.1 Å². The second kappa shape index (κ2) is 12.2. The Bertz CT molecular complexity index is 1760. The summed E-state index contributed by atoms with van der Waals surface area (Å²) in [5, 5.41) is 15.4. The Morgan fingerprint density at radius 2 is 1.91 bits per heavy atom. The summed E-state index contributed by atoms with van der Waals surface area (Å²) in [6, 6.07) is 10.6. The number of amides is 3. The van der Waals surface area contributed by atoms with E-state index in [-0.39, 0.29) is 68.2 Å². The number of likely N-dealkylation sites (N-methyl/N-ethyl adjacent to an activating group) is 1. The number of rotatable bonds is 4. The minimum absolute atomic E-state index is 0.0120. The van der Waals surface area contributed by atoms with E-state index in [2.05, 4.69) is 25.8 Å². The number of carbonyl (C=O) groups is 3. The van der Waals surface area contributed by atoms with Gasteiger partial charge in [-0.2, -0.15) is 4.98 Å². The first-order chi connectivity index (χ1) is 21.3. The fraction of sp³-hybridized carbons (Fsp3) is 0.400. The van der Waals surface area contributed by atoms with Gasteiger partial charge in [0.15, 0.2) is 0 Å². The van der Waals surface area contributed by atoms with E-state index in [1.807, 2.05) is 31.2 Å². The highest BCUT2D eigenvalue weighted by atomic mass is 16.5. The first-order valence-corrected chi connectivity index (χ1v) is 14.6. The topological polar surface area (TPSA) is 161 Å². The van der Waals surface area contributed by atoms with E-state index in [0.29, 0.717) is 30.5 Å². The maximum absolute atomic E-state index is 13.4. The van der Waals surface area contributed by atoms with Gasteiger partial charge in [-0.3, -0.25) is 19.2 Å². The third-order valence-corrected chi connectivity index (χ3v) is 8.26. The van der Waals surface area contributed by atoms with Gasteiger partial charge in [-0.25, -0.2) is 4.68 Å². The molecule has 14 heteroatoms. The largest absolute Gasteiger partial charge is 0.350 e. The van der Waals surface area contributed by atoms with Gasteiger partial charge in [0.2, 0.25) is 23.5 Å². The van der Waals surface area contributed by atoms with Crippen LogP contribution in [0.5, 0.6) is 0 Å². The standard InChI is InChI=1S/C30H33N9O5/c1-19-6-3-4-7-22(19)28-32-25(44-34-28)9-10-26(40)38-15-20-14-27(41)36(2)13-11-31-29(42)23-8-5-12-37(30(23)43)16-21-17-39(35-33-21)24(20)18-38/h3-8,12,17,20,24H,9-11,13-16,18H2,1-2H3,(H,31,42)/t20-,24+/m0/s1. The average Bonchev–Trinajstić information content (AvgIpc) is 3.77. The fourth-order valence-corrected chi connectivity index (χ4v) is 5.71. The lowest BCUT2D eigenvalue weighted by molar-refractivity contribution is -0.132. The van der Waals surface area contributed by atoms with Gasteiger partial charge >= 0.3 is 0 Å². The molecule has 3 aromatic heterocycles. The van der Waals surface area contributed by atoms with Crippen molar-refractivity contribution in [2.75, 3.05) is 33.2 Å². The molecule has 1 fully saturated rings. The number of fused-ring (bicyclic) bond motifs is 6. The molecule has 44 heavy (non-hydrogen) atoms. The average molecular weight is 600 g/mol. The van der Waals surface area contributed by atoms with Crippen LogP contribution in [0.1, 0.15) is 46.4 Å². The minimum Gasteiger partial charge on any atom is -0.350 e. The molecule has 4 aromatic rings. The van der Waals surface area contributed by atoms with Crippen molar-refractivity contribution in [3.05, 3.63) is 81.9 Å². The summed E-state index contributed by atoms with van der Waals surface area (Å²) in [5.41, 5.74) is 1.99. The summed E-state index contributed by atoms with van der Waals surface area (Å²) in [6.45, 7) is 3.28. The molecule has 2 aliphatic heterocycles. The number of hydrogen-bond donors (Lipinski definition) is 1. The lowest BCUT2D eigenvalue weighted by Crippen LogP contribution is -2.39. The molecule has 5 heterocycles. The Morgan fingerprint density at radius 3 is 2.75 bits per heavy atom. The molecule has 3 amide bonds. The molecule has 0 saturated carbocycles. The molecular formula is C30H33N9O5. The van der Waals surface area contributed by atoms with Crippen molar-refractivity contribution in [3.8, 4) is 11.4 Å². The van der Waals surface area contributed by atoms with Crippen molar-refractivity contribution < 1.29 is 18.9 Å². The van der Waals surface area contributed by atoms with Crippen LogP contribution in [0, 0.1) is 12.8 Å². The second-order valence-electron chi connectivity index (χ2n) is 11.3. The zero-order chi connectivity index (χ0) is 30.8. The molecule has 0 unspecified atom stereocenters. The van der Waals surface area contributed by atoms with Gasteiger partial charge in [0.05, 0.1) is 18.8 Å². The predicted octanol–water partition coefficient (Wildman–Crippen LogP) is 1.07. The first kappa shape index (κ1) is 29.0. The lowest BCUT2D eigenvalue weighted by atomic mass is 9.99. The number of hydrogen-bond acceptors (Lipinski definition) is 9. The Kier molecular flexibility index (Phi) is 8.05. The molecule has 2 aliphatic rings. The van der Waals surface area contributed by atoms with Crippen molar-refractivity contribution >= 4 is 17.7 Å². The van der Waals surface area contributed by atoms with Crippen molar-refractivity contribution in [2.45, 2.75) is 38.8 Å². The van der Waals surface area contributed by atoms with Crippen LogP contribution in [0.15, 0.2) is 58.1 Å². The second-order valence-corrected chi connectivity index (χ2v) is 11.3. The van der Waals surface area contributed by atoms with Gasteiger partial charge in [-0.1, -0.05) is 34.6 Å². The Labute approximate surface area is 252 Å². The normalized spacial score (nSPS) is 19.1.